The molecule has 1 heterocycles. The molecule has 2 fully saturated rings. The minimum Gasteiger partial charge on any atom is -0.397 e. The van der Waals surface area contributed by atoms with Crippen LogP contribution >= 0.6 is 15.9 Å². The number of fused-ring (bicyclic) bond motifs is 1. The molecule has 1 aliphatic carbocycles. The Morgan fingerprint density at radius 1 is 1.18 bits per heavy atom. The Morgan fingerprint density at radius 3 is 2.88 bits per heavy atom. The molecule has 0 spiro atoms. The predicted molar refractivity (Wildman–Crippen MR) is 76.3 cm³/mol. The van der Waals surface area contributed by atoms with Gasteiger partial charge < -0.3 is 10.6 Å². The van der Waals surface area contributed by atoms with Gasteiger partial charge in [-0.1, -0.05) is 22.4 Å². The fourth-order valence-corrected chi connectivity index (χ4v) is 3.87. The van der Waals surface area contributed by atoms with Gasteiger partial charge in [0, 0.05) is 17.1 Å². The maximum absolute atomic E-state index is 6.14. The van der Waals surface area contributed by atoms with Crippen LogP contribution in [0.25, 0.3) is 0 Å². The second kappa shape index (κ2) is 4.52. The van der Waals surface area contributed by atoms with Crippen molar-refractivity contribution in [2.45, 2.75) is 38.1 Å². The van der Waals surface area contributed by atoms with Gasteiger partial charge in [-0.25, -0.2) is 0 Å². The third kappa shape index (κ3) is 2.05. The summed E-state index contributed by atoms with van der Waals surface area (Å²) in [7, 11) is 0. The first-order valence-corrected chi connectivity index (χ1v) is 7.36. The summed E-state index contributed by atoms with van der Waals surface area (Å²) in [5.41, 5.74) is 8.29. The Labute approximate surface area is 111 Å². The number of hydrogen-bond acceptors (Lipinski definition) is 2. The molecule has 1 aromatic carbocycles. The standard InChI is InChI=1S/C14H19BrN2/c15-11-6-7-12(16)14(9-11)17-8-2-4-10-3-1-5-13(10)17/h6-7,9-10,13H,1-5,8,16H2. The van der Waals surface area contributed by atoms with Gasteiger partial charge in [0.1, 0.15) is 0 Å². The van der Waals surface area contributed by atoms with Gasteiger partial charge in [0.05, 0.1) is 11.4 Å². The average Bonchev–Trinajstić information content (AvgIpc) is 2.80. The Morgan fingerprint density at radius 2 is 2.00 bits per heavy atom. The minimum absolute atomic E-state index is 0.736. The van der Waals surface area contributed by atoms with Crippen LogP contribution in [0.1, 0.15) is 32.1 Å². The molecule has 92 valence electrons. The van der Waals surface area contributed by atoms with Crippen molar-refractivity contribution in [1.82, 2.24) is 0 Å². The van der Waals surface area contributed by atoms with Crippen molar-refractivity contribution in [2.24, 2.45) is 5.92 Å². The fraction of sp³-hybridized carbons (Fsp3) is 0.571. The highest BCUT2D eigenvalue weighted by Crippen LogP contribution is 2.41. The summed E-state index contributed by atoms with van der Waals surface area (Å²) in [5.74, 6) is 0.905. The largest absolute Gasteiger partial charge is 0.397 e. The van der Waals surface area contributed by atoms with Gasteiger partial charge in [-0.15, -0.1) is 0 Å². The van der Waals surface area contributed by atoms with E-state index in [1.807, 2.05) is 12.1 Å². The molecule has 1 saturated heterocycles. The molecule has 2 unspecified atom stereocenters. The van der Waals surface area contributed by atoms with Crippen LogP contribution in [0.2, 0.25) is 0 Å². The van der Waals surface area contributed by atoms with E-state index in [9.17, 15) is 0 Å². The van der Waals surface area contributed by atoms with Crippen LogP contribution in [0.4, 0.5) is 11.4 Å². The highest BCUT2D eigenvalue weighted by Gasteiger charge is 2.35. The quantitative estimate of drug-likeness (QED) is 0.798. The van der Waals surface area contributed by atoms with Crippen LogP contribution in [0, 0.1) is 5.92 Å². The summed E-state index contributed by atoms with van der Waals surface area (Å²) in [6.07, 6.45) is 6.87. The van der Waals surface area contributed by atoms with E-state index in [2.05, 4.69) is 26.9 Å². The van der Waals surface area contributed by atoms with Gasteiger partial charge in [0.25, 0.3) is 0 Å². The molecule has 1 saturated carbocycles. The van der Waals surface area contributed by atoms with E-state index >= 15 is 0 Å². The van der Waals surface area contributed by atoms with Crippen molar-refractivity contribution in [3.05, 3.63) is 22.7 Å². The third-order valence-electron chi connectivity index (χ3n) is 4.30. The molecule has 1 aliphatic heterocycles. The second-order valence-electron chi connectivity index (χ2n) is 5.30. The Kier molecular flexibility index (Phi) is 3.03. The zero-order valence-electron chi connectivity index (χ0n) is 10.0. The lowest BCUT2D eigenvalue weighted by Crippen LogP contribution is -2.42. The van der Waals surface area contributed by atoms with E-state index < -0.39 is 0 Å². The molecule has 3 rings (SSSR count). The first-order chi connectivity index (χ1) is 8.25. The van der Waals surface area contributed by atoms with E-state index in [0.29, 0.717) is 0 Å². The van der Waals surface area contributed by atoms with Crippen molar-refractivity contribution in [3.8, 4) is 0 Å². The Bertz CT molecular complexity index is 419. The van der Waals surface area contributed by atoms with E-state index in [-0.39, 0.29) is 0 Å². The highest BCUT2D eigenvalue weighted by atomic mass is 79.9. The number of nitrogens with zero attached hydrogens (tertiary/aromatic N) is 1. The summed E-state index contributed by atoms with van der Waals surface area (Å²) in [6.45, 7) is 1.17. The van der Waals surface area contributed by atoms with Crippen molar-refractivity contribution in [2.75, 3.05) is 17.2 Å². The van der Waals surface area contributed by atoms with Gasteiger partial charge in [-0.05, 0) is 49.8 Å². The van der Waals surface area contributed by atoms with E-state index in [0.717, 1.165) is 22.1 Å². The third-order valence-corrected chi connectivity index (χ3v) is 4.79. The van der Waals surface area contributed by atoms with Crippen LogP contribution < -0.4 is 10.6 Å². The van der Waals surface area contributed by atoms with Gasteiger partial charge in [-0.3, -0.25) is 0 Å². The predicted octanol–water partition coefficient (Wildman–Crippen LogP) is 3.80. The molecule has 3 heteroatoms. The minimum atomic E-state index is 0.736. The van der Waals surface area contributed by atoms with Crippen molar-refractivity contribution < 1.29 is 0 Å². The molecule has 0 radical (unpaired) electrons. The average molecular weight is 295 g/mol. The van der Waals surface area contributed by atoms with Gasteiger partial charge >= 0.3 is 0 Å². The van der Waals surface area contributed by atoms with Crippen LogP contribution in [-0.2, 0) is 0 Å². The maximum atomic E-state index is 6.14. The molecule has 0 amide bonds. The first-order valence-electron chi connectivity index (χ1n) is 6.57. The topological polar surface area (TPSA) is 29.3 Å². The molecular weight excluding hydrogens is 276 g/mol. The number of nitrogen functional groups attached to an aromatic ring is 1. The van der Waals surface area contributed by atoms with E-state index in [1.54, 1.807) is 0 Å². The van der Waals surface area contributed by atoms with Crippen molar-refractivity contribution in [3.63, 3.8) is 0 Å². The van der Waals surface area contributed by atoms with Crippen LogP contribution in [-0.4, -0.2) is 12.6 Å². The summed E-state index contributed by atoms with van der Waals surface area (Å²) in [5, 5.41) is 0. The monoisotopic (exact) mass is 294 g/mol. The number of rotatable bonds is 1. The molecule has 0 aromatic heterocycles. The maximum Gasteiger partial charge on any atom is 0.0613 e. The van der Waals surface area contributed by atoms with Crippen LogP contribution in [0.5, 0.6) is 0 Å². The first kappa shape index (κ1) is 11.4. The molecule has 2 aliphatic rings. The number of benzene rings is 1. The number of halogens is 1. The summed E-state index contributed by atoms with van der Waals surface area (Å²) < 4.78 is 1.13. The second-order valence-corrected chi connectivity index (χ2v) is 6.21. The zero-order chi connectivity index (χ0) is 11.8. The number of anilines is 2. The van der Waals surface area contributed by atoms with Crippen molar-refractivity contribution in [1.29, 1.82) is 0 Å². The Hall–Kier alpha value is -0.700. The smallest absolute Gasteiger partial charge is 0.0613 e. The lowest BCUT2D eigenvalue weighted by Gasteiger charge is -2.40. The molecule has 2 N–H and O–H groups in total. The van der Waals surface area contributed by atoms with E-state index in [1.165, 1.54) is 44.3 Å². The highest BCUT2D eigenvalue weighted by molar-refractivity contribution is 9.10. The van der Waals surface area contributed by atoms with Crippen LogP contribution in [0.15, 0.2) is 22.7 Å². The molecule has 2 atom stereocenters. The zero-order valence-corrected chi connectivity index (χ0v) is 11.6. The number of piperidine rings is 1. The molecule has 0 bridgehead atoms. The van der Waals surface area contributed by atoms with Gasteiger partial charge in [-0.2, -0.15) is 0 Å². The molecule has 2 nitrogen and oxygen atoms in total. The fourth-order valence-electron chi connectivity index (χ4n) is 3.52. The van der Waals surface area contributed by atoms with Crippen LogP contribution in [0.3, 0.4) is 0 Å². The normalized spacial score (nSPS) is 28.2. The van der Waals surface area contributed by atoms with Crippen molar-refractivity contribution >= 4 is 27.3 Å². The molecule has 17 heavy (non-hydrogen) atoms. The Balaban J connectivity index is 1.94. The molecular formula is C14H19BrN2. The lowest BCUT2D eigenvalue weighted by molar-refractivity contribution is 0.363. The number of nitrogens with two attached hydrogens (primary N) is 1. The SMILES string of the molecule is Nc1ccc(Br)cc1N1CCCC2CCCC21. The number of hydrogen-bond donors (Lipinski definition) is 1. The molecule has 1 aromatic rings. The lowest BCUT2D eigenvalue weighted by atomic mass is 9.91. The van der Waals surface area contributed by atoms with Gasteiger partial charge in [0.2, 0.25) is 0 Å². The van der Waals surface area contributed by atoms with E-state index in [4.69, 9.17) is 5.73 Å². The summed E-state index contributed by atoms with van der Waals surface area (Å²) >= 11 is 3.55. The summed E-state index contributed by atoms with van der Waals surface area (Å²) in [6, 6.07) is 6.95. The summed E-state index contributed by atoms with van der Waals surface area (Å²) in [4.78, 5) is 2.56. The van der Waals surface area contributed by atoms with Gasteiger partial charge in [0.15, 0.2) is 0 Å².